The molecular formula is C7H7BrO2S. The lowest BCUT2D eigenvalue weighted by Gasteiger charge is -1.96. The van der Waals surface area contributed by atoms with E-state index in [-0.39, 0.29) is 0 Å². The molecule has 0 saturated carbocycles. The summed E-state index contributed by atoms with van der Waals surface area (Å²) in [5.74, 6) is 0. The van der Waals surface area contributed by atoms with Crippen molar-refractivity contribution >= 4 is 23.1 Å². The molecule has 0 amide bonds. The zero-order valence-corrected chi connectivity index (χ0v) is 8.31. The summed E-state index contributed by atoms with van der Waals surface area (Å²) in [4.78, 5) is 0.303. The fraction of sp³-hybridized carbons (Fsp3) is 0.143. The SMILES string of the molecule is Cc1cccc(S(=O)(=O)Br)c1. The Balaban J connectivity index is 3.28. The van der Waals surface area contributed by atoms with Crippen molar-refractivity contribution in [2.75, 3.05) is 0 Å². The van der Waals surface area contributed by atoms with Crippen molar-refractivity contribution in [2.24, 2.45) is 0 Å². The predicted octanol–water partition coefficient (Wildman–Crippen LogP) is 2.08. The van der Waals surface area contributed by atoms with Gasteiger partial charge in [-0.3, -0.25) is 0 Å². The molecule has 0 aliphatic rings. The Hall–Kier alpha value is -0.350. The van der Waals surface area contributed by atoms with Crippen LogP contribution >= 0.6 is 14.8 Å². The highest BCUT2D eigenvalue weighted by Crippen LogP contribution is 2.16. The van der Waals surface area contributed by atoms with E-state index in [9.17, 15) is 8.42 Å². The molecule has 1 aromatic rings. The number of hydrogen-bond acceptors (Lipinski definition) is 2. The van der Waals surface area contributed by atoms with Crippen LogP contribution in [0.3, 0.4) is 0 Å². The van der Waals surface area contributed by atoms with Crippen LogP contribution in [0.2, 0.25) is 0 Å². The van der Waals surface area contributed by atoms with Crippen LogP contribution in [-0.4, -0.2) is 8.42 Å². The second-order valence-corrected chi connectivity index (χ2v) is 6.16. The molecule has 0 N–H and O–H groups in total. The molecule has 2 nitrogen and oxygen atoms in total. The lowest BCUT2D eigenvalue weighted by atomic mass is 10.2. The van der Waals surface area contributed by atoms with Gasteiger partial charge in [-0.2, -0.15) is 0 Å². The van der Waals surface area contributed by atoms with Gasteiger partial charge in [-0.05, 0) is 24.6 Å². The molecule has 0 radical (unpaired) electrons. The first-order valence-electron chi connectivity index (χ1n) is 3.01. The van der Waals surface area contributed by atoms with Crippen LogP contribution in [0.4, 0.5) is 0 Å². The van der Waals surface area contributed by atoms with Gasteiger partial charge in [-0.1, -0.05) is 12.1 Å². The Morgan fingerprint density at radius 1 is 1.36 bits per heavy atom. The van der Waals surface area contributed by atoms with Crippen LogP contribution in [0.25, 0.3) is 0 Å². The molecule has 4 heteroatoms. The Bertz CT molecular complexity index is 356. The maximum absolute atomic E-state index is 10.9. The third-order valence-electron chi connectivity index (χ3n) is 1.27. The summed E-state index contributed by atoms with van der Waals surface area (Å²) in [7, 11) is -3.21. The van der Waals surface area contributed by atoms with Gasteiger partial charge >= 0.3 is 0 Å². The van der Waals surface area contributed by atoms with E-state index in [0.717, 1.165) is 5.56 Å². The maximum atomic E-state index is 10.9. The fourth-order valence-corrected chi connectivity index (χ4v) is 1.94. The van der Waals surface area contributed by atoms with Crippen molar-refractivity contribution in [3.63, 3.8) is 0 Å². The highest BCUT2D eigenvalue weighted by atomic mass is 79.9. The molecule has 0 fully saturated rings. The van der Waals surface area contributed by atoms with Gasteiger partial charge in [-0.25, -0.2) is 8.42 Å². The van der Waals surface area contributed by atoms with Gasteiger partial charge in [0.2, 0.25) is 8.27 Å². The van der Waals surface area contributed by atoms with E-state index >= 15 is 0 Å². The lowest BCUT2D eigenvalue weighted by Crippen LogP contribution is -1.89. The molecule has 0 bridgehead atoms. The molecule has 11 heavy (non-hydrogen) atoms. The lowest BCUT2D eigenvalue weighted by molar-refractivity contribution is 0.611. The molecule has 0 atom stereocenters. The minimum Gasteiger partial charge on any atom is -0.212 e. The summed E-state index contributed by atoms with van der Waals surface area (Å²) in [5.41, 5.74) is 0.936. The van der Waals surface area contributed by atoms with Gasteiger partial charge < -0.3 is 0 Å². The fourth-order valence-electron chi connectivity index (χ4n) is 0.767. The van der Waals surface area contributed by atoms with Crippen molar-refractivity contribution in [3.05, 3.63) is 29.8 Å². The first kappa shape index (κ1) is 8.74. The third kappa shape index (κ3) is 2.31. The monoisotopic (exact) mass is 234 g/mol. The van der Waals surface area contributed by atoms with E-state index in [1.165, 1.54) is 0 Å². The van der Waals surface area contributed by atoms with Gasteiger partial charge in [0.05, 0.1) is 19.7 Å². The van der Waals surface area contributed by atoms with Crippen LogP contribution in [0.5, 0.6) is 0 Å². The molecule has 0 saturated heterocycles. The van der Waals surface area contributed by atoms with Gasteiger partial charge in [0, 0.05) is 0 Å². The summed E-state index contributed by atoms with van der Waals surface area (Å²) in [6.45, 7) is 1.85. The molecular weight excluding hydrogens is 228 g/mol. The van der Waals surface area contributed by atoms with E-state index in [1.54, 1.807) is 18.2 Å². The molecule has 1 rings (SSSR count). The highest BCUT2D eigenvalue weighted by molar-refractivity contribution is 9.47. The van der Waals surface area contributed by atoms with Crippen LogP contribution in [0.1, 0.15) is 5.56 Å². The normalized spacial score (nSPS) is 11.5. The summed E-state index contributed by atoms with van der Waals surface area (Å²) < 4.78 is 21.8. The smallest absolute Gasteiger partial charge is 0.212 e. The minimum atomic E-state index is -3.21. The zero-order valence-electron chi connectivity index (χ0n) is 5.91. The second kappa shape index (κ2) is 2.95. The summed E-state index contributed by atoms with van der Waals surface area (Å²) in [6, 6.07) is 6.73. The van der Waals surface area contributed by atoms with E-state index in [2.05, 4.69) is 14.8 Å². The maximum Gasteiger partial charge on any atom is 0.237 e. The van der Waals surface area contributed by atoms with Crippen LogP contribution in [0, 0.1) is 6.92 Å². The van der Waals surface area contributed by atoms with Crippen molar-refractivity contribution in [3.8, 4) is 0 Å². The molecule has 0 unspecified atom stereocenters. The summed E-state index contributed by atoms with van der Waals surface area (Å²) >= 11 is 2.59. The first-order valence-corrected chi connectivity index (χ1v) is 6.34. The quantitative estimate of drug-likeness (QED) is 0.698. The average Bonchev–Trinajstić information content (AvgIpc) is 1.86. The minimum absolute atomic E-state index is 0.303. The van der Waals surface area contributed by atoms with E-state index in [1.807, 2.05) is 13.0 Å². The molecule has 60 valence electrons. The third-order valence-corrected chi connectivity index (χ3v) is 3.21. The van der Waals surface area contributed by atoms with E-state index in [0.29, 0.717) is 4.90 Å². The topological polar surface area (TPSA) is 34.1 Å². The first-order chi connectivity index (χ1) is 5.00. The Labute approximate surface area is 73.4 Å². The van der Waals surface area contributed by atoms with Crippen LogP contribution in [0.15, 0.2) is 29.2 Å². The molecule has 1 aromatic carbocycles. The van der Waals surface area contributed by atoms with Gasteiger partial charge in [0.25, 0.3) is 0 Å². The number of halogens is 1. The van der Waals surface area contributed by atoms with Crippen molar-refractivity contribution in [1.82, 2.24) is 0 Å². The van der Waals surface area contributed by atoms with Crippen molar-refractivity contribution < 1.29 is 8.42 Å². The van der Waals surface area contributed by atoms with E-state index in [4.69, 9.17) is 0 Å². The van der Waals surface area contributed by atoms with Crippen LogP contribution < -0.4 is 0 Å². The number of benzene rings is 1. The van der Waals surface area contributed by atoms with E-state index < -0.39 is 8.27 Å². The Kier molecular flexibility index (Phi) is 2.34. The highest BCUT2D eigenvalue weighted by Gasteiger charge is 2.07. The van der Waals surface area contributed by atoms with Crippen LogP contribution in [-0.2, 0) is 8.27 Å². The standard InChI is InChI=1S/C7H7BrO2S/c1-6-3-2-4-7(5-6)11(8,9)10/h2-5H,1H3. The largest absolute Gasteiger partial charge is 0.237 e. The van der Waals surface area contributed by atoms with Gasteiger partial charge in [0.15, 0.2) is 0 Å². The number of rotatable bonds is 1. The summed E-state index contributed by atoms with van der Waals surface area (Å²) in [5, 5.41) is 0. The Morgan fingerprint density at radius 3 is 2.36 bits per heavy atom. The molecule has 0 aromatic heterocycles. The van der Waals surface area contributed by atoms with Crippen molar-refractivity contribution in [2.45, 2.75) is 11.8 Å². The Morgan fingerprint density at radius 2 is 2.00 bits per heavy atom. The predicted molar refractivity (Wildman–Crippen MR) is 47.3 cm³/mol. The van der Waals surface area contributed by atoms with Crippen molar-refractivity contribution in [1.29, 1.82) is 0 Å². The number of hydrogen-bond donors (Lipinski definition) is 0. The van der Waals surface area contributed by atoms with Gasteiger partial charge in [-0.15, -0.1) is 0 Å². The molecule has 0 aliphatic carbocycles. The average molecular weight is 235 g/mol. The summed E-state index contributed by atoms with van der Waals surface area (Å²) in [6.07, 6.45) is 0. The van der Waals surface area contributed by atoms with Gasteiger partial charge in [0.1, 0.15) is 0 Å². The molecule has 0 spiro atoms. The number of aryl methyl sites for hydroxylation is 1. The zero-order chi connectivity index (χ0) is 8.48. The molecule has 0 heterocycles. The molecule has 0 aliphatic heterocycles. The second-order valence-electron chi connectivity index (χ2n) is 2.25.